The van der Waals surface area contributed by atoms with Crippen LogP contribution >= 0.6 is 12.4 Å². The lowest BCUT2D eigenvalue weighted by Gasteiger charge is -2.35. The highest BCUT2D eigenvalue weighted by molar-refractivity contribution is 6.00. The number of rotatable bonds is 4. The van der Waals surface area contributed by atoms with E-state index in [4.69, 9.17) is 9.47 Å². The van der Waals surface area contributed by atoms with E-state index in [-0.39, 0.29) is 42.8 Å². The lowest BCUT2D eigenvalue weighted by atomic mass is 9.98. The summed E-state index contributed by atoms with van der Waals surface area (Å²) >= 11 is 0. The second-order valence-corrected chi connectivity index (χ2v) is 7.69. The number of carbonyl (C=O) groups excluding carboxylic acids is 1. The van der Waals surface area contributed by atoms with Gasteiger partial charge in [-0.15, -0.1) is 12.4 Å². The number of carbonyl (C=O) groups is 1. The molecule has 0 saturated carbocycles. The van der Waals surface area contributed by atoms with Gasteiger partial charge >= 0.3 is 5.69 Å². The number of imidazole rings is 1. The lowest BCUT2D eigenvalue weighted by molar-refractivity contribution is 0.0775. The maximum Gasteiger partial charge on any atom is 0.326 e. The lowest BCUT2D eigenvalue weighted by Crippen LogP contribution is -2.45. The van der Waals surface area contributed by atoms with Crippen LogP contribution in [0, 0.1) is 0 Å². The number of Topliss-reactive ketones (excluding diaryl/α,β-unsaturated/α-hetero) is 1. The fourth-order valence-corrected chi connectivity index (χ4v) is 4.42. The molecule has 30 heavy (non-hydrogen) atoms. The van der Waals surface area contributed by atoms with Gasteiger partial charge in [0.15, 0.2) is 17.3 Å². The molecule has 7 nitrogen and oxygen atoms in total. The first kappa shape index (κ1) is 20.5. The number of hydrogen-bond donors (Lipinski definition) is 1. The average molecular weight is 430 g/mol. The normalized spacial score (nSPS) is 17.6. The van der Waals surface area contributed by atoms with Gasteiger partial charge in [0.2, 0.25) is 6.79 Å². The molecule has 2 aliphatic heterocycles. The summed E-state index contributed by atoms with van der Waals surface area (Å²) in [6.45, 7) is 3.69. The number of ether oxygens (including phenoxy) is 2. The first-order valence-corrected chi connectivity index (χ1v) is 9.99. The number of nitrogens with zero attached hydrogens (tertiary/aromatic N) is 2. The Morgan fingerprint density at radius 1 is 1.10 bits per heavy atom. The largest absolute Gasteiger partial charge is 0.454 e. The number of aromatic nitrogens is 2. The molecular weight excluding hydrogens is 406 g/mol. The maximum absolute atomic E-state index is 13.0. The quantitative estimate of drug-likeness (QED) is 0.643. The van der Waals surface area contributed by atoms with Gasteiger partial charge in [0.1, 0.15) is 0 Å². The standard InChI is InChI=1S/C22H23N3O4.ClH/c1-14(21(26)15-6-7-19-20(12-15)29-13-28-19)24-10-8-16(9-11-24)25-18-5-3-2-4-17(18)23-22(25)27;/h2-7,12,14,16H,8-11,13H2,1H3,(H,23,27);1H. The SMILES string of the molecule is CC(C(=O)c1ccc2c(c1)OCO2)N1CCC(n2c(=O)[nH]c3ccccc32)CC1.Cl. The molecule has 1 aromatic heterocycles. The Morgan fingerprint density at radius 2 is 1.83 bits per heavy atom. The summed E-state index contributed by atoms with van der Waals surface area (Å²) in [7, 11) is 0. The molecule has 0 spiro atoms. The Balaban J connectivity index is 0.00000218. The summed E-state index contributed by atoms with van der Waals surface area (Å²) < 4.78 is 12.6. The molecule has 1 N–H and O–H groups in total. The summed E-state index contributed by atoms with van der Waals surface area (Å²) in [6, 6.07) is 13.0. The number of aromatic amines is 1. The van der Waals surface area contributed by atoms with Crippen LogP contribution in [0.4, 0.5) is 0 Å². The van der Waals surface area contributed by atoms with E-state index >= 15 is 0 Å². The van der Waals surface area contributed by atoms with E-state index in [0.717, 1.165) is 37.0 Å². The zero-order chi connectivity index (χ0) is 20.0. The monoisotopic (exact) mass is 429 g/mol. The molecule has 0 bridgehead atoms. The fraction of sp³-hybridized carbons (Fsp3) is 0.364. The summed E-state index contributed by atoms with van der Waals surface area (Å²) in [5.74, 6) is 1.38. The third kappa shape index (κ3) is 3.48. The van der Waals surface area contributed by atoms with Crippen LogP contribution in [0.2, 0.25) is 0 Å². The molecule has 8 heteroatoms. The van der Waals surface area contributed by atoms with Crippen molar-refractivity contribution < 1.29 is 14.3 Å². The molecule has 2 aliphatic rings. The van der Waals surface area contributed by atoms with Crippen molar-refractivity contribution in [2.24, 2.45) is 0 Å². The number of likely N-dealkylation sites (tertiary alicyclic amines) is 1. The van der Waals surface area contributed by atoms with Crippen LogP contribution in [-0.2, 0) is 0 Å². The van der Waals surface area contributed by atoms with Gasteiger partial charge in [-0.05, 0) is 50.1 Å². The van der Waals surface area contributed by atoms with Gasteiger partial charge in [-0.2, -0.15) is 0 Å². The number of hydrogen-bond acceptors (Lipinski definition) is 5. The van der Waals surface area contributed by atoms with E-state index in [9.17, 15) is 9.59 Å². The van der Waals surface area contributed by atoms with Gasteiger partial charge in [0.25, 0.3) is 0 Å². The summed E-state index contributed by atoms with van der Waals surface area (Å²) in [4.78, 5) is 30.6. The number of halogens is 1. The average Bonchev–Trinajstić information content (AvgIpc) is 3.35. The first-order valence-electron chi connectivity index (χ1n) is 9.99. The van der Waals surface area contributed by atoms with Crippen molar-refractivity contribution in [1.29, 1.82) is 0 Å². The maximum atomic E-state index is 13.0. The van der Waals surface area contributed by atoms with Crippen molar-refractivity contribution in [2.75, 3.05) is 19.9 Å². The summed E-state index contributed by atoms with van der Waals surface area (Å²) in [5, 5.41) is 0. The third-order valence-electron chi connectivity index (χ3n) is 6.07. The number of nitrogens with one attached hydrogen (secondary N) is 1. The Kier molecular flexibility index (Phi) is 5.58. The van der Waals surface area contributed by atoms with Crippen LogP contribution in [0.1, 0.15) is 36.2 Å². The zero-order valence-electron chi connectivity index (χ0n) is 16.7. The van der Waals surface area contributed by atoms with Crippen LogP contribution in [0.3, 0.4) is 0 Å². The van der Waals surface area contributed by atoms with E-state index in [1.165, 1.54) is 0 Å². The molecule has 1 saturated heterocycles. The predicted octanol–water partition coefficient (Wildman–Crippen LogP) is 3.39. The second-order valence-electron chi connectivity index (χ2n) is 7.69. The van der Waals surface area contributed by atoms with Crippen LogP contribution in [0.5, 0.6) is 11.5 Å². The van der Waals surface area contributed by atoms with Crippen molar-refractivity contribution in [3.05, 3.63) is 58.5 Å². The molecule has 0 amide bonds. The first-order chi connectivity index (χ1) is 14.1. The predicted molar refractivity (Wildman–Crippen MR) is 116 cm³/mol. The number of para-hydroxylation sites is 2. The smallest absolute Gasteiger partial charge is 0.326 e. The second kappa shape index (κ2) is 8.16. The summed E-state index contributed by atoms with van der Waals surface area (Å²) in [5.41, 5.74) is 2.39. The van der Waals surface area contributed by atoms with Gasteiger partial charge in [-0.1, -0.05) is 12.1 Å². The zero-order valence-corrected chi connectivity index (χ0v) is 17.5. The van der Waals surface area contributed by atoms with Crippen LogP contribution in [0.25, 0.3) is 11.0 Å². The molecule has 1 fully saturated rings. The Bertz CT molecular complexity index is 1130. The highest BCUT2D eigenvalue weighted by Gasteiger charge is 2.30. The number of piperidine rings is 1. The highest BCUT2D eigenvalue weighted by Crippen LogP contribution is 2.33. The van der Waals surface area contributed by atoms with E-state index in [1.807, 2.05) is 35.8 Å². The van der Waals surface area contributed by atoms with Crippen LogP contribution in [-0.4, -0.2) is 46.2 Å². The van der Waals surface area contributed by atoms with Crippen molar-refractivity contribution in [3.63, 3.8) is 0 Å². The van der Waals surface area contributed by atoms with E-state index in [2.05, 4.69) is 9.88 Å². The fourth-order valence-electron chi connectivity index (χ4n) is 4.42. The van der Waals surface area contributed by atoms with Crippen LogP contribution < -0.4 is 15.2 Å². The number of H-pyrrole nitrogens is 1. The minimum absolute atomic E-state index is 0. The van der Waals surface area contributed by atoms with Gasteiger partial charge in [-0.3, -0.25) is 14.3 Å². The Hall–Kier alpha value is -2.77. The Labute approximate surface area is 180 Å². The van der Waals surface area contributed by atoms with E-state index in [1.54, 1.807) is 18.2 Å². The topological polar surface area (TPSA) is 76.6 Å². The van der Waals surface area contributed by atoms with Crippen molar-refractivity contribution in [3.8, 4) is 11.5 Å². The molecule has 2 aromatic carbocycles. The number of fused-ring (bicyclic) bond motifs is 2. The van der Waals surface area contributed by atoms with Gasteiger partial charge in [-0.25, -0.2) is 4.79 Å². The molecule has 1 atom stereocenters. The van der Waals surface area contributed by atoms with Gasteiger partial charge < -0.3 is 14.5 Å². The van der Waals surface area contributed by atoms with Crippen molar-refractivity contribution in [1.82, 2.24) is 14.5 Å². The van der Waals surface area contributed by atoms with Gasteiger partial charge in [0.05, 0.1) is 17.1 Å². The van der Waals surface area contributed by atoms with E-state index < -0.39 is 0 Å². The summed E-state index contributed by atoms with van der Waals surface area (Å²) in [6.07, 6.45) is 1.67. The molecule has 0 aliphatic carbocycles. The van der Waals surface area contributed by atoms with E-state index in [0.29, 0.717) is 17.1 Å². The molecule has 3 heterocycles. The minimum atomic E-state index is -0.226. The molecule has 3 aromatic rings. The van der Waals surface area contributed by atoms with Crippen molar-refractivity contribution >= 4 is 29.2 Å². The minimum Gasteiger partial charge on any atom is -0.454 e. The molecule has 1 unspecified atom stereocenters. The molecule has 158 valence electrons. The van der Waals surface area contributed by atoms with Crippen molar-refractivity contribution in [2.45, 2.75) is 31.8 Å². The molecule has 5 rings (SSSR count). The highest BCUT2D eigenvalue weighted by atomic mass is 35.5. The third-order valence-corrected chi connectivity index (χ3v) is 6.07. The number of ketones is 1. The number of benzene rings is 2. The van der Waals surface area contributed by atoms with Crippen LogP contribution in [0.15, 0.2) is 47.3 Å². The Morgan fingerprint density at radius 3 is 2.63 bits per heavy atom. The molecular formula is C22H24ClN3O4. The van der Waals surface area contributed by atoms with Gasteiger partial charge in [0, 0.05) is 24.7 Å². The molecule has 0 radical (unpaired) electrons.